The van der Waals surface area contributed by atoms with Crippen LogP contribution in [0.15, 0.2) is 0 Å². The largest absolute Gasteiger partial charge is 0.356 e. The minimum atomic E-state index is 0.250. The Morgan fingerprint density at radius 2 is 2.08 bits per heavy atom. The highest BCUT2D eigenvalue weighted by molar-refractivity contribution is 5.79. The van der Waals surface area contributed by atoms with Crippen molar-refractivity contribution in [3.05, 3.63) is 0 Å². The molecule has 0 saturated carbocycles. The summed E-state index contributed by atoms with van der Waals surface area (Å²) in [4.78, 5) is 13.4. The van der Waals surface area contributed by atoms with E-state index in [0.717, 1.165) is 26.1 Å². The predicted molar refractivity (Wildman–Crippen MR) is 46.8 cm³/mol. The number of amides is 1. The number of nitrogens with one attached hydrogen (secondary N) is 1. The lowest BCUT2D eigenvalue weighted by Gasteiger charge is -2.36. The van der Waals surface area contributed by atoms with Crippen LogP contribution < -0.4 is 5.32 Å². The molecule has 2 heterocycles. The maximum Gasteiger partial charge on any atom is 0.220 e. The fraction of sp³-hybridized carbons (Fsp3) is 0.889. The van der Waals surface area contributed by atoms with Gasteiger partial charge in [-0.05, 0) is 38.4 Å². The highest BCUT2D eigenvalue weighted by Crippen LogP contribution is 2.36. The van der Waals surface area contributed by atoms with Crippen LogP contribution in [0.5, 0.6) is 0 Å². The minimum Gasteiger partial charge on any atom is -0.356 e. The molecule has 0 radical (unpaired) electrons. The summed E-state index contributed by atoms with van der Waals surface area (Å²) in [5.74, 6) is 0.250. The third kappa shape index (κ3) is 1.33. The van der Waals surface area contributed by atoms with Gasteiger partial charge in [0.1, 0.15) is 0 Å². The fourth-order valence-electron chi connectivity index (χ4n) is 2.20. The molecule has 0 aromatic carbocycles. The molecular weight excluding hydrogens is 152 g/mol. The highest BCUT2D eigenvalue weighted by atomic mass is 16.1. The van der Waals surface area contributed by atoms with Gasteiger partial charge in [0.15, 0.2) is 0 Å². The van der Waals surface area contributed by atoms with Crippen molar-refractivity contribution in [2.24, 2.45) is 5.41 Å². The zero-order chi connectivity index (χ0) is 8.60. The molecule has 2 aliphatic rings. The third-order valence-electron chi connectivity index (χ3n) is 3.24. The van der Waals surface area contributed by atoms with Gasteiger partial charge in [0, 0.05) is 13.0 Å². The quantitative estimate of drug-likeness (QED) is 0.561. The lowest BCUT2D eigenvalue weighted by molar-refractivity contribution is -0.119. The second kappa shape index (κ2) is 2.73. The van der Waals surface area contributed by atoms with Crippen molar-refractivity contribution in [2.75, 3.05) is 26.7 Å². The van der Waals surface area contributed by atoms with Crippen LogP contribution in [-0.4, -0.2) is 37.5 Å². The summed E-state index contributed by atoms with van der Waals surface area (Å²) < 4.78 is 0. The van der Waals surface area contributed by atoms with Crippen LogP contribution in [0.25, 0.3) is 0 Å². The molecule has 0 unspecified atom stereocenters. The van der Waals surface area contributed by atoms with Crippen molar-refractivity contribution in [3.63, 3.8) is 0 Å². The molecule has 1 spiro atoms. The molecule has 68 valence electrons. The molecule has 1 N–H and O–H groups in total. The molecule has 2 rings (SSSR count). The number of carbonyl (C=O) groups is 1. The Kier molecular flexibility index (Phi) is 1.83. The SMILES string of the molecule is CN1CCC2(CC1)CNC(=O)C2. The average Bonchev–Trinajstić information content (AvgIpc) is 2.40. The predicted octanol–water partition coefficient (Wildman–Crippen LogP) is 0.218. The van der Waals surface area contributed by atoms with Crippen molar-refractivity contribution in [1.29, 1.82) is 0 Å². The Balaban J connectivity index is 1.99. The van der Waals surface area contributed by atoms with E-state index in [-0.39, 0.29) is 5.91 Å². The zero-order valence-corrected chi connectivity index (χ0v) is 7.60. The molecule has 0 aromatic rings. The number of hydrogen-bond acceptors (Lipinski definition) is 2. The van der Waals surface area contributed by atoms with E-state index in [1.165, 1.54) is 12.8 Å². The number of piperidine rings is 1. The number of likely N-dealkylation sites (tertiary alicyclic amines) is 1. The molecular formula is C9H16N2O. The maximum absolute atomic E-state index is 11.1. The van der Waals surface area contributed by atoms with E-state index in [2.05, 4.69) is 17.3 Å². The molecule has 2 fully saturated rings. The van der Waals surface area contributed by atoms with E-state index < -0.39 is 0 Å². The Morgan fingerprint density at radius 1 is 1.42 bits per heavy atom. The summed E-state index contributed by atoms with van der Waals surface area (Å²) in [6.07, 6.45) is 3.13. The highest BCUT2D eigenvalue weighted by Gasteiger charge is 2.39. The lowest BCUT2D eigenvalue weighted by Crippen LogP contribution is -2.39. The van der Waals surface area contributed by atoms with Gasteiger partial charge in [-0.3, -0.25) is 4.79 Å². The van der Waals surface area contributed by atoms with Crippen molar-refractivity contribution >= 4 is 5.91 Å². The first-order chi connectivity index (χ1) is 5.70. The summed E-state index contributed by atoms with van der Waals surface area (Å²) in [5.41, 5.74) is 0.323. The van der Waals surface area contributed by atoms with Crippen molar-refractivity contribution in [3.8, 4) is 0 Å². The van der Waals surface area contributed by atoms with E-state index in [1.54, 1.807) is 0 Å². The number of rotatable bonds is 0. The smallest absolute Gasteiger partial charge is 0.220 e. The van der Waals surface area contributed by atoms with Gasteiger partial charge >= 0.3 is 0 Å². The molecule has 3 heteroatoms. The van der Waals surface area contributed by atoms with Gasteiger partial charge < -0.3 is 10.2 Å². The van der Waals surface area contributed by atoms with Gasteiger partial charge in [0.2, 0.25) is 5.91 Å². The monoisotopic (exact) mass is 168 g/mol. The molecule has 3 nitrogen and oxygen atoms in total. The van der Waals surface area contributed by atoms with Crippen LogP contribution in [0.3, 0.4) is 0 Å². The van der Waals surface area contributed by atoms with Gasteiger partial charge in [-0.2, -0.15) is 0 Å². The van der Waals surface area contributed by atoms with E-state index in [9.17, 15) is 4.79 Å². The van der Waals surface area contributed by atoms with Gasteiger partial charge in [-0.15, -0.1) is 0 Å². The second-order valence-electron chi connectivity index (χ2n) is 4.26. The van der Waals surface area contributed by atoms with Crippen molar-refractivity contribution in [2.45, 2.75) is 19.3 Å². The number of hydrogen-bond donors (Lipinski definition) is 1. The van der Waals surface area contributed by atoms with Gasteiger partial charge in [0.05, 0.1) is 0 Å². The van der Waals surface area contributed by atoms with E-state index in [1.807, 2.05) is 0 Å². The first kappa shape index (κ1) is 8.05. The second-order valence-corrected chi connectivity index (χ2v) is 4.26. The fourth-order valence-corrected chi connectivity index (χ4v) is 2.20. The normalized spacial score (nSPS) is 29.2. The number of nitrogens with zero attached hydrogens (tertiary/aromatic N) is 1. The van der Waals surface area contributed by atoms with E-state index >= 15 is 0 Å². The first-order valence-corrected chi connectivity index (χ1v) is 4.66. The van der Waals surface area contributed by atoms with Crippen LogP contribution in [0.1, 0.15) is 19.3 Å². The molecule has 0 aromatic heterocycles. The average molecular weight is 168 g/mol. The standard InChI is InChI=1S/C9H16N2O/c1-11-4-2-9(3-5-11)6-8(12)10-7-9/h2-7H2,1H3,(H,10,12). The molecule has 12 heavy (non-hydrogen) atoms. The Morgan fingerprint density at radius 3 is 2.58 bits per heavy atom. The third-order valence-corrected chi connectivity index (χ3v) is 3.24. The van der Waals surface area contributed by atoms with Gasteiger partial charge in [-0.1, -0.05) is 0 Å². The first-order valence-electron chi connectivity index (χ1n) is 4.66. The maximum atomic E-state index is 11.1. The van der Waals surface area contributed by atoms with E-state index in [4.69, 9.17) is 0 Å². The lowest BCUT2D eigenvalue weighted by atomic mass is 9.78. The minimum absolute atomic E-state index is 0.250. The van der Waals surface area contributed by atoms with Crippen LogP contribution >= 0.6 is 0 Å². The Hall–Kier alpha value is -0.570. The van der Waals surface area contributed by atoms with Crippen LogP contribution in [0, 0.1) is 5.41 Å². The number of carbonyl (C=O) groups excluding carboxylic acids is 1. The molecule has 0 aliphatic carbocycles. The molecule has 2 saturated heterocycles. The summed E-state index contributed by atoms with van der Waals surface area (Å²) >= 11 is 0. The Labute approximate surface area is 73.1 Å². The molecule has 1 amide bonds. The van der Waals surface area contributed by atoms with Crippen molar-refractivity contribution < 1.29 is 4.79 Å². The summed E-state index contributed by atoms with van der Waals surface area (Å²) in [5, 5.41) is 2.94. The molecule has 2 aliphatic heterocycles. The van der Waals surface area contributed by atoms with Crippen LogP contribution in [0.2, 0.25) is 0 Å². The van der Waals surface area contributed by atoms with Crippen molar-refractivity contribution in [1.82, 2.24) is 10.2 Å². The van der Waals surface area contributed by atoms with Gasteiger partial charge in [-0.25, -0.2) is 0 Å². The Bertz CT molecular complexity index is 195. The van der Waals surface area contributed by atoms with Gasteiger partial charge in [0.25, 0.3) is 0 Å². The molecule has 0 atom stereocenters. The molecule has 0 bridgehead atoms. The zero-order valence-electron chi connectivity index (χ0n) is 7.60. The van der Waals surface area contributed by atoms with Crippen LogP contribution in [0.4, 0.5) is 0 Å². The summed E-state index contributed by atoms with van der Waals surface area (Å²) in [6, 6.07) is 0. The summed E-state index contributed by atoms with van der Waals surface area (Å²) in [6.45, 7) is 3.21. The summed E-state index contributed by atoms with van der Waals surface area (Å²) in [7, 11) is 2.15. The topological polar surface area (TPSA) is 32.3 Å². The van der Waals surface area contributed by atoms with Crippen LogP contribution in [-0.2, 0) is 4.79 Å². The van der Waals surface area contributed by atoms with E-state index in [0.29, 0.717) is 5.41 Å².